The van der Waals surface area contributed by atoms with Gasteiger partial charge in [0.1, 0.15) is 6.61 Å². The highest BCUT2D eigenvalue weighted by Crippen LogP contribution is 2.25. The minimum Gasteiger partial charge on any atom is -0.391 e. The highest BCUT2D eigenvalue weighted by Gasteiger charge is 2.10. The van der Waals surface area contributed by atoms with Crippen molar-refractivity contribution in [2.45, 2.75) is 32.9 Å². The number of rotatable bonds is 6. The molecular weight excluding hydrogens is 310 g/mol. The molecule has 0 fully saturated rings. The molecule has 3 aromatic rings. The van der Waals surface area contributed by atoms with Gasteiger partial charge >= 0.3 is 0 Å². The zero-order chi connectivity index (χ0) is 17.6. The molecule has 0 unspecified atom stereocenters. The molecule has 0 radical (unpaired) electrons. The zero-order valence-electron chi connectivity index (χ0n) is 14.5. The molecule has 126 valence electrons. The van der Waals surface area contributed by atoms with Gasteiger partial charge in [-0.05, 0) is 25.5 Å². The van der Waals surface area contributed by atoms with Crippen LogP contribution in [0.1, 0.15) is 43.0 Å². The lowest BCUT2D eigenvalue weighted by Crippen LogP contribution is -2.01. The molecule has 1 atom stereocenters. The van der Waals surface area contributed by atoms with E-state index in [-0.39, 0.29) is 6.61 Å². The first kappa shape index (κ1) is 16.8. The fourth-order valence-electron chi connectivity index (χ4n) is 2.85. The van der Waals surface area contributed by atoms with Gasteiger partial charge in [-0.1, -0.05) is 48.5 Å². The topological polar surface area (TPSA) is 50.3 Å². The number of aromatic nitrogens is 1. The molecule has 0 bridgehead atoms. The van der Waals surface area contributed by atoms with Crippen LogP contribution in [0.3, 0.4) is 0 Å². The Hall–Kier alpha value is -3.06. The third kappa shape index (κ3) is 3.56. The highest BCUT2D eigenvalue weighted by atomic mass is 16.6. The maximum Gasteiger partial charge on any atom is 0.143 e. The molecule has 2 aromatic carbocycles. The van der Waals surface area contributed by atoms with Crippen LogP contribution in [-0.2, 0) is 11.4 Å². The molecule has 1 aromatic heterocycles. The van der Waals surface area contributed by atoms with Gasteiger partial charge in [-0.2, -0.15) is 5.26 Å². The van der Waals surface area contributed by atoms with Crippen LogP contribution < -0.4 is 0 Å². The molecule has 0 aliphatic carbocycles. The summed E-state index contributed by atoms with van der Waals surface area (Å²) in [7, 11) is 0. The van der Waals surface area contributed by atoms with Gasteiger partial charge in [0.2, 0.25) is 0 Å². The molecule has 25 heavy (non-hydrogen) atoms. The van der Waals surface area contributed by atoms with Crippen molar-refractivity contribution in [3.05, 3.63) is 71.4 Å². The summed E-state index contributed by atoms with van der Waals surface area (Å²) in [6, 6.07) is 18.3. The van der Waals surface area contributed by atoms with Gasteiger partial charge in [-0.25, -0.2) is 0 Å². The zero-order valence-corrected chi connectivity index (χ0v) is 14.5. The maximum absolute atomic E-state index is 9.10. The minimum atomic E-state index is 0.282. The van der Waals surface area contributed by atoms with Crippen LogP contribution in [0, 0.1) is 11.3 Å². The van der Waals surface area contributed by atoms with Gasteiger partial charge in [-0.3, -0.25) is 0 Å². The Morgan fingerprint density at radius 2 is 1.96 bits per heavy atom. The van der Waals surface area contributed by atoms with Gasteiger partial charge < -0.3 is 9.40 Å². The van der Waals surface area contributed by atoms with Gasteiger partial charge in [0, 0.05) is 34.3 Å². The number of fused-ring (bicyclic) bond motifs is 1. The summed E-state index contributed by atoms with van der Waals surface area (Å²) in [4.78, 5) is 5.42. The standard InChI is InChI=1S/C21H21N3O/c1-3-16(2)24-14-19(20-10-6-7-11-21(20)24)13-23-25-15-18-9-5-4-8-17(18)12-22/h4-11,13-14,16H,3,15H2,1-2H3/b23-13-/t16-/m1/s1. The first-order valence-corrected chi connectivity index (χ1v) is 8.47. The predicted octanol–water partition coefficient (Wildman–Crippen LogP) is 5.03. The average molecular weight is 331 g/mol. The summed E-state index contributed by atoms with van der Waals surface area (Å²) < 4.78 is 2.28. The van der Waals surface area contributed by atoms with Crippen LogP contribution in [0.4, 0.5) is 0 Å². The quantitative estimate of drug-likeness (QED) is 0.469. The van der Waals surface area contributed by atoms with Crippen molar-refractivity contribution in [3.8, 4) is 6.07 Å². The molecule has 0 aliphatic heterocycles. The maximum atomic E-state index is 9.10. The summed E-state index contributed by atoms with van der Waals surface area (Å²) in [5.41, 5.74) is 3.69. The van der Waals surface area contributed by atoms with Crippen molar-refractivity contribution in [2.75, 3.05) is 0 Å². The van der Waals surface area contributed by atoms with Crippen LogP contribution >= 0.6 is 0 Å². The third-order valence-electron chi connectivity index (χ3n) is 4.46. The van der Waals surface area contributed by atoms with E-state index in [9.17, 15) is 0 Å². The molecule has 0 amide bonds. The molecule has 1 heterocycles. The molecule has 0 N–H and O–H groups in total. The SMILES string of the molecule is CC[C@@H](C)n1cc(/C=N\OCc2ccccc2C#N)c2ccccc21. The first-order chi connectivity index (χ1) is 12.2. The van der Waals surface area contributed by atoms with E-state index in [0.717, 1.165) is 22.9 Å². The van der Waals surface area contributed by atoms with E-state index in [0.29, 0.717) is 11.6 Å². The first-order valence-electron chi connectivity index (χ1n) is 8.47. The Labute approximate surface area is 147 Å². The molecule has 0 aliphatic rings. The summed E-state index contributed by atoms with van der Waals surface area (Å²) in [6.07, 6.45) is 4.93. The van der Waals surface area contributed by atoms with Crippen LogP contribution in [-0.4, -0.2) is 10.8 Å². The van der Waals surface area contributed by atoms with E-state index in [2.05, 4.69) is 54.0 Å². The molecule has 4 heteroatoms. The number of hydrogen-bond donors (Lipinski definition) is 0. The van der Waals surface area contributed by atoms with Crippen molar-refractivity contribution >= 4 is 17.1 Å². The number of nitrogens with zero attached hydrogens (tertiary/aromatic N) is 3. The van der Waals surface area contributed by atoms with E-state index >= 15 is 0 Å². The van der Waals surface area contributed by atoms with E-state index < -0.39 is 0 Å². The van der Waals surface area contributed by atoms with Gasteiger partial charge in [0.05, 0.1) is 17.8 Å². The fourth-order valence-corrected chi connectivity index (χ4v) is 2.85. The molecule has 0 spiro atoms. The lowest BCUT2D eigenvalue weighted by Gasteiger charge is -2.12. The number of nitriles is 1. The average Bonchev–Trinajstić information content (AvgIpc) is 3.04. The van der Waals surface area contributed by atoms with Gasteiger partial charge in [0.15, 0.2) is 0 Å². The number of para-hydroxylation sites is 1. The van der Waals surface area contributed by atoms with Crippen molar-refractivity contribution < 1.29 is 4.84 Å². The van der Waals surface area contributed by atoms with Crippen LogP contribution in [0.15, 0.2) is 59.9 Å². The van der Waals surface area contributed by atoms with Gasteiger partial charge in [-0.15, -0.1) is 0 Å². The second-order valence-electron chi connectivity index (χ2n) is 6.04. The second-order valence-corrected chi connectivity index (χ2v) is 6.04. The monoisotopic (exact) mass is 331 g/mol. The number of benzene rings is 2. The Morgan fingerprint density at radius 1 is 1.20 bits per heavy atom. The van der Waals surface area contributed by atoms with E-state index in [1.807, 2.05) is 24.3 Å². The fraction of sp³-hybridized carbons (Fsp3) is 0.238. The summed E-state index contributed by atoms with van der Waals surface area (Å²) in [6.45, 7) is 4.68. The molecule has 0 saturated heterocycles. The van der Waals surface area contributed by atoms with Crippen molar-refractivity contribution in [3.63, 3.8) is 0 Å². The smallest absolute Gasteiger partial charge is 0.143 e. The summed E-state index contributed by atoms with van der Waals surface area (Å²) in [5, 5.41) is 14.4. The molecule has 3 rings (SSSR count). The molecular formula is C21H21N3O. The normalized spacial score (nSPS) is 12.4. The van der Waals surface area contributed by atoms with Crippen molar-refractivity contribution in [2.24, 2.45) is 5.16 Å². The van der Waals surface area contributed by atoms with Crippen LogP contribution in [0.25, 0.3) is 10.9 Å². The molecule has 0 saturated carbocycles. The Morgan fingerprint density at radius 3 is 2.76 bits per heavy atom. The molecule has 4 nitrogen and oxygen atoms in total. The number of hydrogen-bond acceptors (Lipinski definition) is 3. The van der Waals surface area contributed by atoms with Gasteiger partial charge in [0.25, 0.3) is 0 Å². The van der Waals surface area contributed by atoms with E-state index in [4.69, 9.17) is 10.1 Å². The van der Waals surface area contributed by atoms with Crippen molar-refractivity contribution in [1.29, 1.82) is 5.26 Å². The lowest BCUT2D eigenvalue weighted by atomic mass is 10.1. The Bertz CT molecular complexity index is 934. The highest BCUT2D eigenvalue weighted by molar-refractivity contribution is 5.99. The Kier molecular flexibility index (Phi) is 5.15. The third-order valence-corrected chi connectivity index (χ3v) is 4.46. The van der Waals surface area contributed by atoms with E-state index in [1.165, 1.54) is 5.52 Å². The Balaban J connectivity index is 1.79. The lowest BCUT2D eigenvalue weighted by molar-refractivity contribution is 0.132. The predicted molar refractivity (Wildman–Crippen MR) is 100 cm³/mol. The summed E-state index contributed by atoms with van der Waals surface area (Å²) >= 11 is 0. The number of oxime groups is 1. The van der Waals surface area contributed by atoms with Crippen LogP contribution in [0.5, 0.6) is 0 Å². The largest absolute Gasteiger partial charge is 0.391 e. The van der Waals surface area contributed by atoms with Crippen molar-refractivity contribution in [1.82, 2.24) is 4.57 Å². The van der Waals surface area contributed by atoms with Crippen LogP contribution in [0.2, 0.25) is 0 Å². The second kappa shape index (κ2) is 7.67. The minimum absolute atomic E-state index is 0.282. The van der Waals surface area contributed by atoms with E-state index in [1.54, 1.807) is 12.3 Å². The summed E-state index contributed by atoms with van der Waals surface area (Å²) in [5.74, 6) is 0.